The summed E-state index contributed by atoms with van der Waals surface area (Å²) in [6, 6.07) is 14.4. The SMILES string of the molecule is Nc1nc(-c2ccc(O)c(O)c2)c(-c2ccccc2)s1. The number of hydrogen-bond donors (Lipinski definition) is 3. The molecule has 0 bridgehead atoms. The minimum Gasteiger partial charge on any atom is -0.504 e. The Morgan fingerprint density at radius 2 is 1.65 bits per heavy atom. The van der Waals surface area contributed by atoms with Gasteiger partial charge in [0.1, 0.15) is 0 Å². The highest BCUT2D eigenvalue weighted by atomic mass is 32.1. The fourth-order valence-corrected chi connectivity index (χ4v) is 2.85. The van der Waals surface area contributed by atoms with Gasteiger partial charge in [-0.3, -0.25) is 0 Å². The molecule has 0 aliphatic rings. The first-order valence-electron chi connectivity index (χ1n) is 5.99. The number of aromatic hydroxyl groups is 2. The van der Waals surface area contributed by atoms with Crippen molar-refractivity contribution in [3.63, 3.8) is 0 Å². The van der Waals surface area contributed by atoms with Crippen molar-refractivity contribution in [1.82, 2.24) is 4.98 Å². The molecule has 0 radical (unpaired) electrons. The molecular formula is C15H12N2O2S. The number of hydrogen-bond acceptors (Lipinski definition) is 5. The summed E-state index contributed by atoms with van der Waals surface area (Å²) >= 11 is 1.39. The van der Waals surface area contributed by atoms with Gasteiger partial charge < -0.3 is 15.9 Å². The summed E-state index contributed by atoms with van der Waals surface area (Å²) in [6.07, 6.45) is 0. The molecule has 0 saturated carbocycles. The van der Waals surface area contributed by atoms with Gasteiger partial charge in [0.25, 0.3) is 0 Å². The lowest BCUT2D eigenvalue weighted by atomic mass is 10.1. The zero-order chi connectivity index (χ0) is 14.1. The summed E-state index contributed by atoms with van der Waals surface area (Å²) in [5, 5.41) is 19.5. The number of aromatic nitrogens is 1. The number of nitrogens with two attached hydrogens (primary N) is 1. The van der Waals surface area contributed by atoms with Crippen LogP contribution in [0.2, 0.25) is 0 Å². The van der Waals surface area contributed by atoms with Crippen LogP contribution >= 0.6 is 11.3 Å². The molecule has 1 aromatic heterocycles. The third-order valence-corrected chi connectivity index (χ3v) is 3.86. The van der Waals surface area contributed by atoms with Gasteiger partial charge in [-0.2, -0.15) is 0 Å². The summed E-state index contributed by atoms with van der Waals surface area (Å²) in [6.45, 7) is 0. The van der Waals surface area contributed by atoms with E-state index in [2.05, 4.69) is 4.98 Å². The van der Waals surface area contributed by atoms with Crippen molar-refractivity contribution in [2.75, 3.05) is 5.73 Å². The first-order chi connectivity index (χ1) is 9.65. The van der Waals surface area contributed by atoms with Crippen molar-refractivity contribution in [3.05, 3.63) is 48.5 Å². The van der Waals surface area contributed by atoms with Crippen LogP contribution < -0.4 is 5.73 Å². The molecule has 3 rings (SSSR count). The molecule has 4 N–H and O–H groups in total. The summed E-state index contributed by atoms with van der Waals surface area (Å²) in [7, 11) is 0. The molecule has 5 heteroatoms. The Bertz CT molecular complexity index is 754. The summed E-state index contributed by atoms with van der Waals surface area (Å²) < 4.78 is 0. The van der Waals surface area contributed by atoms with Crippen LogP contribution in [0.25, 0.3) is 21.7 Å². The van der Waals surface area contributed by atoms with Gasteiger partial charge >= 0.3 is 0 Å². The first-order valence-corrected chi connectivity index (χ1v) is 6.81. The molecule has 0 spiro atoms. The fourth-order valence-electron chi connectivity index (χ4n) is 1.99. The summed E-state index contributed by atoms with van der Waals surface area (Å²) in [5.74, 6) is -0.328. The van der Waals surface area contributed by atoms with E-state index in [1.807, 2.05) is 30.3 Å². The van der Waals surface area contributed by atoms with Crippen molar-refractivity contribution in [1.29, 1.82) is 0 Å². The van der Waals surface area contributed by atoms with Crippen LogP contribution in [0.15, 0.2) is 48.5 Å². The number of phenols is 2. The molecule has 0 unspecified atom stereocenters. The number of nitrogen functional groups attached to an aromatic ring is 1. The van der Waals surface area contributed by atoms with Crippen LogP contribution in [0.5, 0.6) is 11.5 Å². The molecule has 20 heavy (non-hydrogen) atoms. The molecule has 1 heterocycles. The van der Waals surface area contributed by atoms with Crippen LogP contribution in [0.3, 0.4) is 0 Å². The highest BCUT2D eigenvalue weighted by Gasteiger charge is 2.14. The highest BCUT2D eigenvalue weighted by molar-refractivity contribution is 7.19. The number of thiazole rings is 1. The normalized spacial score (nSPS) is 10.6. The van der Waals surface area contributed by atoms with E-state index in [0.29, 0.717) is 16.4 Å². The molecule has 4 nitrogen and oxygen atoms in total. The van der Waals surface area contributed by atoms with Crippen LogP contribution in [0.1, 0.15) is 0 Å². The smallest absolute Gasteiger partial charge is 0.181 e. The molecule has 2 aromatic carbocycles. The second-order valence-corrected chi connectivity index (χ2v) is 5.33. The van der Waals surface area contributed by atoms with Crippen LogP contribution in [0, 0.1) is 0 Å². The predicted octanol–water partition coefficient (Wildman–Crippen LogP) is 3.47. The number of benzene rings is 2. The molecule has 0 aliphatic carbocycles. The average molecular weight is 284 g/mol. The minimum absolute atomic E-state index is 0.154. The molecule has 0 fully saturated rings. The quantitative estimate of drug-likeness (QED) is 0.629. The summed E-state index contributed by atoms with van der Waals surface area (Å²) in [5.41, 5.74) is 8.25. The molecule has 0 saturated heterocycles. The average Bonchev–Trinajstić information content (AvgIpc) is 2.85. The standard InChI is InChI=1S/C15H12N2O2S/c16-15-17-13(10-6-7-11(18)12(19)8-10)14(20-15)9-4-2-1-3-5-9/h1-8,18-19H,(H2,16,17). The Morgan fingerprint density at radius 3 is 2.35 bits per heavy atom. The van der Waals surface area contributed by atoms with Gasteiger partial charge in [0, 0.05) is 5.56 Å². The van der Waals surface area contributed by atoms with E-state index in [1.54, 1.807) is 6.07 Å². The lowest BCUT2D eigenvalue weighted by Gasteiger charge is -2.04. The largest absolute Gasteiger partial charge is 0.504 e. The molecule has 0 aliphatic heterocycles. The van der Waals surface area contributed by atoms with Crippen molar-refractivity contribution in [2.45, 2.75) is 0 Å². The number of phenolic OH excluding ortho intramolecular Hbond substituents is 2. The zero-order valence-electron chi connectivity index (χ0n) is 10.4. The van der Waals surface area contributed by atoms with Crippen molar-refractivity contribution in [2.24, 2.45) is 0 Å². The Hall–Kier alpha value is -2.53. The van der Waals surface area contributed by atoms with Crippen molar-refractivity contribution < 1.29 is 10.2 Å². The highest BCUT2D eigenvalue weighted by Crippen LogP contribution is 2.39. The van der Waals surface area contributed by atoms with Gasteiger partial charge in [-0.1, -0.05) is 41.7 Å². The predicted molar refractivity (Wildman–Crippen MR) is 80.7 cm³/mol. The topological polar surface area (TPSA) is 79.4 Å². The Labute approximate surface area is 119 Å². The van der Waals surface area contributed by atoms with E-state index in [-0.39, 0.29) is 11.5 Å². The zero-order valence-corrected chi connectivity index (χ0v) is 11.3. The fraction of sp³-hybridized carbons (Fsp3) is 0. The van der Waals surface area contributed by atoms with Gasteiger partial charge in [0.05, 0.1) is 10.6 Å². The number of rotatable bonds is 2. The molecular weight excluding hydrogens is 272 g/mol. The maximum absolute atomic E-state index is 9.62. The van der Waals surface area contributed by atoms with Crippen molar-refractivity contribution >= 4 is 16.5 Å². The first kappa shape index (κ1) is 12.5. The second-order valence-electron chi connectivity index (χ2n) is 4.30. The molecule has 100 valence electrons. The van der Waals surface area contributed by atoms with Crippen LogP contribution in [-0.2, 0) is 0 Å². The molecule has 3 aromatic rings. The monoisotopic (exact) mass is 284 g/mol. The van der Waals surface area contributed by atoms with Crippen molar-refractivity contribution in [3.8, 4) is 33.2 Å². The second kappa shape index (κ2) is 4.86. The van der Waals surface area contributed by atoms with Gasteiger partial charge in [0.2, 0.25) is 0 Å². The third kappa shape index (κ3) is 2.19. The third-order valence-electron chi connectivity index (χ3n) is 2.93. The Morgan fingerprint density at radius 1 is 0.900 bits per heavy atom. The molecule has 0 amide bonds. The number of anilines is 1. The van der Waals surface area contributed by atoms with Gasteiger partial charge in [-0.15, -0.1) is 0 Å². The maximum atomic E-state index is 9.62. The van der Waals surface area contributed by atoms with E-state index in [0.717, 1.165) is 10.4 Å². The van der Waals surface area contributed by atoms with Gasteiger partial charge in [0.15, 0.2) is 16.6 Å². The molecule has 0 atom stereocenters. The Kier molecular flexibility index (Phi) is 3.04. The van der Waals surface area contributed by atoms with Gasteiger partial charge in [-0.25, -0.2) is 4.98 Å². The van der Waals surface area contributed by atoms with E-state index >= 15 is 0 Å². The number of nitrogens with zero attached hydrogens (tertiary/aromatic N) is 1. The van der Waals surface area contributed by atoms with E-state index in [9.17, 15) is 10.2 Å². The minimum atomic E-state index is -0.173. The lowest BCUT2D eigenvalue weighted by Crippen LogP contribution is -1.84. The van der Waals surface area contributed by atoms with Crippen LogP contribution in [0.4, 0.5) is 5.13 Å². The maximum Gasteiger partial charge on any atom is 0.181 e. The summed E-state index contributed by atoms with van der Waals surface area (Å²) in [4.78, 5) is 5.27. The van der Waals surface area contributed by atoms with E-state index in [1.165, 1.54) is 23.5 Å². The lowest BCUT2D eigenvalue weighted by molar-refractivity contribution is 0.404. The van der Waals surface area contributed by atoms with E-state index in [4.69, 9.17) is 5.73 Å². The van der Waals surface area contributed by atoms with Gasteiger partial charge in [-0.05, 0) is 23.8 Å². The Balaban J connectivity index is 2.17. The van der Waals surface area contributed by atoms with Crippen LogP contribution in [-0.4, -0.2) is 15.2 Å². The van der Waals surface area contributed by atoms with E-state index < -0.39 is 0 Å².